The molecule has 1 aromatic heterocycles. The fourth-order valence-corrected chi connectivity index (χ4v) is 4.18. The van der Waals surface area contributed by atoms with Crippen molar-refractivity contribution >= 4 is 5.91 Å². The summed E-state index contributed by atoms with van der Waals surface area (Å²) < 4.78 is 13.3. The van der Waals surface area contributed by atoms with Gasteiger partial charge >= 0.3 is 0 Å². The third kappa shape index (κ3) is 2.62. The number of rotatable bonds is 3. The first-order valence-electron chi connectivity index (χ1n) is 8.83. The summed E-state index contributed by atoms with van der Waals surface area (Å²) in [5, 5.41) is 10.5. The number of aromatic amines is 1. The molecule has 1 aromatic carbocycles. The zero-order valence-corrected chi connectivity index (χ0v) is 13.7. The Morgan fingerprint density at radius 1 is 1.08 bits per heavy atom. The predicted octanol–water partition coefficient (Wildman–Crippen LogP) is 3.63. The van der Waals surface area contributed by atoms with E-state index in [4.69, 9.17) is 0 Å². The lowest BCUT2D eigenvalue weighted by atomic mass is 9.87. The molecular weight excluding hydrogens is 305 g/mol. The average molecular weight is 327 g/mol. The van der Waals surface area contributed by atoms with Gasteiger partial charge in [-0.1, -0.05) is 25.0 Å². The normalized spacial score (nSPS) is 19.0. The molecule has 5 heteroatoms. The number of halogens is 1. The molecule has 1 saturated carbocycles. The maximum absolute atomic E-state index is 13.3. The molecule has 24 heavy (non-hydrogen) atoms. The molecule has 0 spiro atoms. The molecule has 4 nitrogen and oxygen atoms in total. The summed E-state index contributed by atoms with van der Waals surface area (Å²) in [4.78, 5) is 12.9. The van der Waals surface area contributed by atoms with E-state index in [0.717, 1.165) is 68.2 Å². The Balaban J connectivity index is 1.62. The summed E-state index contributed by atoms with van der Waals surface area (Å²) in [5.41, 5.74) is 3.31. The van der Waals surface area contributed by atoms with Crippen LogP contribution in [0.15, 0.2) is 24.3 Å². The van der Waals surface area contributed by atoms with Crippen LogP contribution in [0.25, 0.3) is 0 Å². The van der Waals surface area contributed by atoms with Gasteiger partial charge in [-0.3, -0.25) is 9.89 Å². The summed E-state index contributed by atoms with van der Waals surface area (Å²) in [7, 11) is 0. The Labute approximate surface area is 140 Å². The molecule has 4 rings (SSSR count). The maximum Gasteiger partial charge on any atom is 0.272 e. The molecule has 1 fully saturated rings. The van der Waals surface area contributed by atoms with Crippen molar-refractivity contribution in [2.45, 2.75) is 56.9 Å². The van der Waals surface area contributed by atoms with Gasteiger partial charge in [0.2, 0.25) is 0 Å². The molecule has 2 N–H and O–H groups in total. The zero-order chi connectivity index (χ0) is 16.6. The minimum Gasteiger partial charge on any atom is -0.341 e. The van der Waals surface area contributed by atoms with Gasteiger partial charge in [-0.25, -0.2) is 4.39 Å². The largest absolute Gasteiger partial charge is 0.341 e. The summed E-state index contributed by atoms with van der Waals surface area (Å²) in [6.45, 7) is 0. The third-order valence-corrected chi connectivity index (χ3v) is 5.48. The van der Waals surface area contributed by atoms with Crippen molar-refractivity contribution in [1.82, 2.24) is 15.5 Å². The van der Waals surface area contributed by atoms with Crippen molar-refractivity contribution in [3.05, 3.63) is 52.6 Å². The SMILES string of the molecule is O=C(NC1(c2ccc(F)cc2)CCCC1)c1n[nH]c2c1CCCC2. The van der Waals surface area contributed by atoms with Crippen molar-refractivity contribution in [3.8, 4) is 0 Å². The van der Waals surface area contributed by atoms with E-state index in [0.29, 0.717) is 5.69 Å². The van der Waals surface area contributed by atoms with Crippen LogP contribution < -0.4 is 5.32 Å². The van der Waals surface area contributed by atoms with Crippen molar-refractivity contribution in [2.75, 3.05) is 0 Å². The molecule has 2 aliphatic carbocycles. The molecule has 126 valence electrons. The lowest BCUT2D eigenvalue weighted by molar-refractivity contribution is 0.0892. The second-order valence-corrected chi connectivity index (χ2v) is 6.99. The number of aryl methyl sites for hydroxylation is 1. The van der Waals surface area contributed by atoms with Crippen molar-refractivity contribution < 1.29 is 9.18 Å². The molecule has 0 bridgehead atoms. The van der Waals surface area contributed by atoms with E-state index in [1.165, 1.54) is 12.1 Å². The second-order valence-electron chi connectivity index (χ2n) is 6.99. The number of H-pyrrole nitrogens is 1. The Hall–Kier alpha value is -2.17. The topological polar surface area (TPSA) is 57.8 Å². The van der Waals surface area contributed by atoms with Gasteiger partial charge in [0.1, 0.15) is 5.82 Å². The molecular formula is C19H22FN3O. The lowest BCUT2D eigenvalue weighted by Gasteiger charge is -2.31. The molecule has 0 unspecified atom stereocenters. The van der Waals surface area contributed by atoms with Gasteiger partial charge in [-0.2, -0.15) is 5.10 Å². The van der Waals surface area contributed by atoms with Crippen molar-refractivity contribution in [2.24, 2.45) is 0 Å². The quantitative estimate of drug-likeness (QED) is 0.904. The van der Waals surface area contributed by atoms with E-state index in [9.17, 15) is 9.18 Å². The summed E-state index contributed by atoms with van der Waals surface area (Å²) in [6.07, 6.45) is 8.04. The predicted molar refractivity (Wildman–Crippen MR) is 89.2 cm³/mol. The number of carbonyl (C=O) groups excluding carboxylic acids is 1. The first-order chi connectivity index (χ1) is 11.7. The first-order valence-corrected chi connectivity index (χ1v) is 8.83. The van der Waals surface area contributed by atoms with Gasteiger partial charge in [0.05, 0.1) is 5.54 Å². The van der Waals surface area contributed by atoms with E-state index >= 15 is 0 Å². The Morgan fingerprint density at radius 2 is 1.79 bits per heavy atom. The van der Waals surface area contributed by atoms with Crippen molar-refractivity contribution in [1.29, 1.82) is 0 Å². The monoisotopic (exact) mass is 327 g/mol. The van der Waals surface area contributed by atoms with Crippen LogP contribution in [0.1, 0.15) is 65.8 Å². The Bertz CT molecular complexity index is 744. The summed E-state index contributed by atoms with van der Waals surface area (Å²) >= 11 is 0. The van der Waals surface area contributed by atoms with Crippen LogP contribution in [0.2, 0.25) is 0 Å². The Morgan fingerprint density at radius 3 is 2.54 bits per heavy atom. The number of carbonyl (C=O) groups is 1. The molecule has 2 aliphatic rings. The summed E-state index contributed by atoms with van der Waals surface area (Å²) in [5.74, 6) is -0.361. The number of benzene rings is 1. The number of hydrogen-bond acceptors (Lipinski definition) is 2. The zero-order valence-electron chi connectivity index (χ0n) is 13.7. The van der Waals surface area contributed by atoms with Crippen LogP contribution in [0.5, 0.6) is 0 Å². The Kier molecular flexibility index (Phi) is 3.87. The fraction of sp³-hybridized carbons (Fsp3) is 0.474. The molecule has 0 aliphatic heterocycles. The minimum absolute atomic E-state index is 0.111. The van der Waals surface area contributed by atoms with Gasteiger partial charge < -0.3 is 5.32 Å². The molecule has 1 heterocycles. The highest BCUT2D eigenvalue weighted by Crippen LogP contribution is 2.39. The van der Waals surface area contributed by atoms with Crippen LogP contribution in [0, 0.1) is 5.82 Å². The number of nitrogens with one attached hydrogen (secondary N) is 2. The number of nitrogens with zero attached hydrogens (tertiary/aromatic N) is 1. The molecule has 2 aromatic rings. The van der Waals surface area contributed by atoms with Crippen LogP contribution in [-0.2, 0) is 18.4 Å². The number of amides is 1. The van der Waals surface area contributed by atoms with Gasteiger partial charge in [0.25, 0.3) is 5.91 Å². The van der Waals surface area contributed by atoms with Gasteiger partial charge in [-0.05, 0) is 56.2 Å². The van der Waals surface area contributed by atoms with Gasteiger partial charge in [0.15, 0.2) is 5.69 Å². The van der Waals surface area contributed by atoms with E-state index in [-0.39, 0.29) is 11.7 Å². The second kappa shape index (κ2) is 6.04. The molecule has 0 radical (unpaired) electrons. The van der Waals surface area contributed by atoms with Gasteiger partial charge in [0, 0.05) is 11.3 Å². The van der Waals surface area contributed by atoms with Crippen LogP contribution in [0.4, 0.5) is 4.39 Å². The highest BCUT2D eigenvalue weighted by atomic mass is 19.1. The minimum atomic E-state index is -0.398. The lowest BCUT2D eigenvalue weighted by Crippen LogP contribution is -2.44. The third-order valence-electron chi connectivity index (χ3n) is 5.48. The highest BCUT2D eigenvalue weighted by molar-refractivity contribution is 5.94. The average Bonchev–Trinajstić information content (AvgIpc) is 3.23. The smallest absolute Gasteiger partial charge is 0.272 e. The van der Waals surface area contributed by atoms with E-state index in [1.54, 1.807) is 12.1 Å². The van der Waals surface area contributed by atoms with Crippen LogP contribution in [-0.4, -0.2) is 16.1 Å². The standard InChI is InChI=1S/C19H22FN3O/c20-14-9-7-13(8-10-14)19(11-3-4-12-19)21-18(24)17-15-5-1-2-6-16(15)22-23-17/h7-10H,1-6,11-12H2,(H,21,24)(H,22,23). The first kappa shape index (κ1) is 15.4. The maximum atomic E-state index is 13.3. The van der Waals surface area contributed by atoms with E-state index in [2.05, 4.69) is 15.5 Å². The van der Waals surface area contributed by atoms with E-state index < -0.39 is 5.54 Å². The molecule has 0 saturated heterocycles. The number of fused-ring (bicyclic) bond motifs is 1. The number of aromatic nitrogens is 2. The number of hydrogen-bond donors (Lipinski definition) is 2. The van der Waals surface area contributed by atoms with E-state index in [1.807, 2.05) is 0 Å². The van der Waals surface area contributed by atoms with Crippen molar-refractivity contribution in [3.63, 3.8) is 0 Å². The molecule has 0 atom stereocenters. The van der Waals surface area contributed by atoms with Gasteiger partial charge in [-0.15, -0.1) is 0 Å². The summed E-state index contributed by atoms with van der Waals surface area (Å²) in [6, 6.07) is 6.53. The fourth-order valence-electron chi connectivity index (χ4n) is 4.18. The van der Waals surface area contributed by atoms with Crippen LogP contribution >= 0.6 is 0 Å². The highest BCUT2D eigenvalue weighted by Gasteiger charge is 2.38. The van der Waals surface area contributed by atoms with Crippen LogP contribution in [0.3, 0.4) is 0 Å². The molecule has 1 amide bonds.